The van der Waals surface area contributed by atoms with Crippen LogP contribution in [0, 0.1) is 6.92 Å². The molecule has 6 nitrogen and oxygen atoms in total. The van der Waals surface area contributed by atoms with Crippen LogP contribution < -0.4 is 5.32 Å². The van der Waals surface area contributed by atoms with Gasteiger partial charge in [0.05, 0.1) is 17.2 Å². The third kappa shape index (κ3) is 7.84. The molecule has 0 aliphatic carbocycles. The van der Waals surface area contributed by atoms with Gasteiger partial charge in [0.1, 0.15) is 0 Å². The van der Waals surface area contributed by atoms with Crippen molar-refractivity contribution < 1.29 is 4.79 Å². The summed E-state index contributed by atoms with van der Waals surface area (Å²) in [5.74, 6) is 0.865. The van der Waals surface area contributed by atoms with Gasteiger partial charge in [-0.05, 0) is 12.5 Å². The Morgan fingerprint density at radius 3 is 2.48 bits per heavy atom. The zero-order valence-corrected chi connectivity index (χ0v) is 19.5. The average molecular weight is 501 g/mol. The number of amides is 1. The maximum absolute atomic E-state index is 12.3. The van der Waals surface area contributed by atoms with Crippen LogP contribution in [0.5, 0.6) is 0 Å². The molecule has 1 N–H and O–H groups in total. The zero-order valence-electron chi connectivity index (χ0n) is 16.3. The maximum Gasteiger partial charge on any atom is 0.224 e. The number of benzene rings is 1. The van der Waals surface area contributed by atoms with E-state index in [4.69, 9.17) is 0 Å². The van der Waals surface area contributed by atoms with Crippen LogP contribution in [0.25, 0.3) is 0 Å². The molecule has 2 aromatic rings. The van der Waals surface area contributed by atoms with Gasteiger partial charge in [-0.15, -0.1) is 35.3 Å². The number of guanidine groups is 1. The summed E-state index contributed by atoms with van der Waals surface area (Å²) in [6.07, 6.45) is 0.423. The van der Waals surface area contributed by atoms with Crippen LogP contribution in [-0.2, 0) is 17.9 Å². The van der Waals surface area contributed by atoms with Gasteiger partial charge in [-0.3, -0.25) is 9.79 Å². The van der Waals surface area contributed by atoms with Crippen molar-refractivity contribution in [3.8, 4) is 0 Å². The molecule has 0 radical (unpaired) electrons. The quantitative estimate of drug-likeness (QED) is 0.360. The minimum Gasteiger partial charge on any atom is -0.356 e. The minimum atomic E-state index is 0. The predicted molar refractivity (Wildman–Crippen MR) is 123 cm³/mol. The van der Waals surface area contributed by atoms with Crippen molar-refractivity contribution in [1.82, 2.24) is 20.1 Å². The highest BCUT2D eigenvalue weighted by molar-refractivity contribution is 14.0. The lowest BCUT2D eigenvalue weighted by atomic mass is 10.2. The van der Waals surface area contributed by atoms with Gasteiger partial charge in [-0.25, -0.2) is 4.98 Å². The van der Waals surface area contributed by atoms with E-state index in [2.05, 4.69) is 20.7 Å². The van der Waals surface area contributed by atoms with E-state index >= 15 is 0 Å². The number of nitrogens with one attached hydrogen (secondary N) is 1. The van der Waals surface area contributed by atoms with Crippen LogP contribution in [-0.4, -0.2) is 54.3 Å². The molecule has 0 saturated heterocycles. The molecule has 0 bridgehead atoms. The van der Waals surface area contributed by atoms with E-state index in [-0.39, 0.29) is 29.9 Å². The Bertz CT molecular complexity index is 735. The number of hydrogen-bond donors (Lipinski definition) is 1. The fourth-order valence-corrected chi connectivity index (χ4v) is 3.20. The second-order valence-corrected chi connectivity index (χ2v) is 7.24. The molecule has 0 spiro atoms. The lowest BCUT2D eigenvalue weighted by Crippen LogP contribution is -2.40. The molecule has 1 amide bonds. The van der Waals surface area contributed by atoms with Crippen LogP contribution >= 0.6 is 35.3 Å². The largest absolute Gasteiger partial charge is 0.356 e. The van der Waals surface area contributed by atoms with Gasteiger partial charge in [0, 0.05) is 46.0 Å². The van der Waals surface area contributed by atoms with Crippen LogP contribution in [0.2, 0.25) is 0 Å². The van der Waals surface area contributed by atoms with Crippen LogP contribution in [0.4, 0.5) is 0 Å². The fourth-order valence-electron chi connectivity index (χ4n) is 2.60. The van der Waals surface area contributed by atoms with E-state index in [1.54, 1.807) is 23.3 Å². The van der Waals surface area contributed by atoms with E-state index in [0.29, 0.717) is 26.1 Å². The van der Waals surface area contributed by atoms with Gasteiger partial charge in [-0.1, -0.05) is 30.3 Å². The molecule has 0 aliphatic rings. The van der Waals surface area contributed by atoms with Crippen molar-refractivity contribution in [2.75, 3.05) is 27.7 Å². The van der Waals surface area contributed by atoms with Crippen LogP contribution in [0.15, 0.2) is 40.7 Å². The summed E-state index contributed by atoms with van der Waals surface area (Å²) in [6, 6.07) is 10.0. The predicted octanol–water partition coefficient (Wildman–Crippen LogP) is 3.13. The van der Waals surface area contributed by atoms with Crippen LogP contribution in [0.1, 0.15) is 22.7 Å². The number of halogens is 1. The Hall–Kier alpha value is -1.68. The van der Waals surface area contributed by atoms with Gasteiger partial charge < -0.3 is 15.1 Å². The Morgan fingerprint density at radius 1 is 1.19 bits per heavy atom. The molecule has 1 aromatic carbocycles. The second-order valence-electron chi connectivity index (χ2n) is 6.17. The van der Waals surface area contributed by atoms with E-state index in [9.17, 15) is 4.79 Å². The normalized spacial score (nSPS) is 10.9. The first kappa shape index (κ1) is 23.4. The number of thiazole rings is 1. The monoisotopic (exact) mass is 501 g/mol. The average Bonchev–Trinajstić information content (AvgIpc) is 3.04. The highest BCUT2D eigenvalue weighted by Crippen LogP contribution is 2.09. The molecule has 148 valence electrons. The van der Waals surface area contributed by atoms with E-state index in [1.807, 2.05) is 56.3 Å². The van der Waals surface area contributed by atoms with Gasteiger partial charge in [0.2, 0.25) is 5.91 Å². The van der Waals surface area contributed by atoms with Crippen molar-refractivity contribution >= 4 is 47.2 Å². The highest BCUT2D eigenvalue weighted by Gasteiger charge is 2.12. The Kier molecular flexibility index (Phi) is 10.3. The second kappa shape index (κ2) is 11.9. The molecule has 2 rings (SSSR count). The standard InChI is InChI=1S/C19H27N5OS.HI/c1-15-22-17(14-26-15)13-24(4)19(20-2)21-11-10-18(25)23(3)12-16-8-6-5-7-9-16;/h5-9,14H,10-13H2,1-4H3,(H,20,21);1H. The number of carbonyl (C=O) groups is 1. The molecule has 0 fully saturated rings. The third-order valence-electron chi connectivity index (χ3n) is 3.95. The number of aliphatic imine (C=N–C) groups is 1. The molecular weight excluding hydrogens is 473 g/mol. The molecule has 27 heavy (non-hydrogen) atoms. The van der Waals surface area contributed by atoms with Crippen molar-refractivity contribution in [2.45, 2.75) is 26.4 Å². The first-order valence-electron chi connectivity index (χ1n) is 8.60. The minimum absolute atomic E-state index is 0. The fraction of sp³-hybridized carbons (Fsp3) is 0.421. The summed E-state index contributed by atoms with van der Waals surface area (Å²) >= 11 is 1.64. The molecule has 0 aliphatic heterocycles. The van der Waals surface area contributed by atoms with Crippen molar-refractivity contribution in [2.24, 2.45) is 4.99 Å². The van der Waals surface area contributed by atoms with E-state index in [0.717, 1.165) is 22.2 Å². The van der Waals surface area contributed by atoms with Crippen molar-refractivity contribution in [1.29, 1.82) is 0 Å². The molecule has 0 atom stereocenters. The first-order valence-corrected chi connectivity index (χ1v) is 9.48. The summed E-state index contributed by atoms with van der Waals surface area (Å²) in [5, 5.41) is 6.37. The molecule has 1 heterocycles. The SMILES string of the molecule is CN=C(NCCC(=O)N(C)Cc1ccccc1)N(C)Cc1csc(C)n1.I. The Balaban J connectivity index is 0.00000364. The lowest BCUT2D eigenvalue weighted by molar-refractivity contribution is -0.130. The lowest BCUT2D eigenvalue weighted by Gasteiger charge is -2.22. The summed E-state index contributed by atoms with van der Waals surface area (Å²) in [6.45, 7) is 3.85. The summed E-state index contributed by atoms with van der Waals surface area (Å²) in [4.78, 5) is 24.8. The zero-order chi connectivity index (χ0) is 18.9. The Morgan fingerprint density at radius 2 is 1.89 bits per heavy atom. The van der Waals surface area contributed by atoms with E-state index < -0.39 is 0 Å². The number of nitrogens with zero attached hydrogens (tertiary/aromatic N) is 4. The molecule has 1 aromatic heterocycles. The van der Waals surface area contributed by atoms with Gasteiger partial charge in [0.15, 0.2) is 5.96 Å². The summed E-state index contributed by atoms with van der Waals surface area (Å²) < 4.78 is 0. The van der Waals surface area contributed by atoms with Gasteiger partial charge >= 0.3 is 0 Å². The number of aryl methyl sites for hydroxylation is 1. The number of carbonyl (C=O) groups excluding carboxylic acids is 1. The molecule has 8 heteroatoms. The number of rotatable bonds is 7. The smallest absolute Gasteiger partial charge is 0.224 e. The summed E-state index contributed by atoms with van der Waals surface area (Å²) in [5.41, 5.74) is 2.15. The summed E-state index contributed by atoms with van der Waals surface area (Å²) in [7, 11) is 5.54. The topological polar surface area (TPSA) is 60.8 Å². The maximum atomic E-state index is 12.3. The molecule has 0 unspecified atom stereocenters. The highest BCUT2D eigenvalue weighted by atomic mass is 127. The first-order chi connectivity index (χ1) is 12.5. The Labute approximate surface area is 182 Å². The van der Waals surface area contributed by atoms with Crippen LogP contribution in [0.3, 0.4) is 0 Å². The molecule has 0 saturated carbocycles. The van der Waals surface area contributed by atoms with Crippen molar-refractivity contribution in [3.63, 3.8) is 0 Å². The van der Waals surface area contributed by atoms with Gasteiger partial charge in [0.25, 0.3) is 0 Å². The van der Waals surface area contributed by atoms with Crippen molar-refractivity contribution in [3.05, 3.63) is 52.0 Å². The molecular formula is C19H28IN5OS. The number of hydrogen-bond acceptors (Lipinski definition) is 4. The number of aromatic nitrogens is 1. The third-order valence-corrected chi connectivity index (χ3v) is 4.77. The van der Waals surface area contributed by atoms with Gasteiger partial charge in [-0.2, -0.15) is 0 Å². The van der Waals surface area contributed by atoms with E-state index in [1.165, 1.54) is 0 Å².